The van der Waals surface area contributed by atoms with Crippen LogP contribution in [-0.4, -0.2) is 11.0 Å². The highest BCUT2D eigenvalue weighted by molar-refractivity contribution is 5.14. The monoisotopic (exact) mass is 238 g/mol. The van der Waals surface area contributed by atoms with Crippen LogP contribution in [0.2, 0.25) is 0 Å². The lowest BCUT2D eigenvalue weighted by atomic mass is 9.99. The molecule has 0 aromatic carbocycles. The van der Waals surface area contributed by atoms with Gasteiger partial charge in [0.1, 0.15) is 5.82 Å². The molecule has 0 bridgehead atoms. The summed E-state index contributed by atoms with van der Waals surface area (Å²) in [6.45, 7) is 8.68. The van der Waals surface area contributed by atoms with Crippen LogP contribution in [0.4, 0.5) is 4.39 Å². The zero-order chi connectivity index (χ0) is 12.8. The van der Waals surface area contributed by atoms with E-state index < -0.39 is 0 Å². The number of pyridine rings is 1. The zero-order valence-corrected chi connectivity index (χ0v) is 11.2. The van der Waals surface area contributed by atoms with Crippen molar-refractivity contribution in [3.8, 4) is 0 Å². The number of nitrogens with zero attached hydrogens (tertiary/aromatic N) is 1. The minimum atomic E-state index is -0.272. The first kappa shape index (κ1) is 14.1. The average molecular weight is 238 g/mol. The summed E-state index contributed by atoms with van der Waals surface area (Å²) < 4.78 is 13.0. The first-order chi connectivity index (χ1) is 8.02. The third kappa shape index (κ3) is 4.82. The highest BCUT2D eigenvalue weighted by atomic mass is 19.1. The maximum atomic E-state index is 13.0. The maximum absolute atomic E-state index is 13.0. The lowest BCUT2D eigenvalue weighted by Crippen LogP contribution is -2.30. The molecule has 1 aromatic heterocycles. The molecule has 0 amide bonds. The van der Waals surface area contributed by atoms with Crippen LogP contribution in [0.5, 0.6) is 0 Å². The van der Waals surface area contributed by atoms with Crippen molar-refractivity contribution in [1.29, 1.82) is 0 Å². The normalized spacial score (nSPS) is 16.5. The van der Waals surface area contributed by atoms with E-state index in [4.69, 9.17) is 0 Å². The average Bonchev–Trinajstić information content (AvgIpc) is 2.28. The predicted octanol–water partition coefficient (Wildman–Crippen LogP) is 3.70. The van der Waals surface area contributed by atoms with Crippen LogP contribution in [-0.2, 0) is 0 Å². The summed E-state index contributed by atoms with van der Waals surface area (Å²) in [5, 5.41) is 3.48. The number of hydrogen-bond acceptors (Lipinski definition) is 2. The van der Waals surface area contributed by atoms with Gasteiger partial charge in [0.25, 0.3) is 0 Å². The van der Waals surface area contributed by atoms with Gasteiger partial charge in [0.2, 0.25) is 0 Å². The molecule has 0 aliphatic heterocycles. The molecule has 3 heteroatoms. The molecular formula is C14H23FN2. The van der Waals surface area contributed by atoms with Crippen molar-refractivity contribution in [3.63, 3.8) is 0 Å². The molecule has 0 fully saturated rings. The topological polar surface area (TPSA) is 24.9 Å². The van der Waals surface area contributed by atoms with Gasteiger partial charge in [-0.25, -0.2) is 4.39 Å². The Balaban J connectivity index is 2.51. The van der Waals surface area contributed by atoms with Gasteiger partial charge in [-0.3, -0.25) is 4.98 Å². The first-order valence-electron chi connectivity index (χ1n) is 6.39. The second-order valence-corrected chi connectivity index (χ2v) is 4.98. The van der Waals surface area contributed by atoms with Crippen molar-refractivity contribution in [2.75, 3.05) is 0 Å². The standard InChI is InChI=1S/C14H23FN2/c1-5-10(2)6-11(3)17-12(4)13-7-14(15)9-16-8-13/h7-12,17H,5-6H2,1-4H3. The number of rotatable bonds is 6. The van der Waals surface area contributed by atoms with E-state index in [0.717, 1.165) is 17.9 Å². The predicted molar refractivity (Wildman–Crippen MR) is 69.3 cm³/mol. The van der Waals surface area contributed by atoms with Crippen molar-refractivity contribution < 1.29 is 4.39 Å². The molecule has 1 rings (SSSR count). The molecule has 0 aliphatic rings. The van der Waals surface area contributed by atoms with Crippen molar-refractivity contribution in [2.45, 2.75) is 52.6 Å². The van der Waals surface area contributed by atoms with Crippen molar-refractivity contribution in [3.05, 3.63) is 29.8 Å². The van der Waals surface area contributed by atoms with Gasteiger partial charge < -0.3 is 5.32 Å². The largest absolute Gasteiger partial charge is 0.308 e. The van der Waals surface area contributed by atoms with E-state index in [9.17, 15) is 4.39 Å². The Bertz CT molecular complexity index is 341. The van der Waals surface area contributed by atoms with Crippen molar-refractivity contribution in [2.24, 2.45) is 5.92 Å². The highest BCUT2D eigenvalue weighted by Gasteiger charge is 2.12. The van der Waals surface area contributed by atoms with E-state index in [0.29, 0.717) is 6.04 Å². The summed E-state index contributed by atoms with van der Waals surface area (Å²) in [5.74, 6) is 0.445. The molecular weight excluding hydrogens is 215 g/mol. The minimum Gasteiger partial charge on any atom is -0.308 e. The number of nitrogens with one attached hydrogen (secondary N) is 1. The molecule has 3 unspecified atom stereocenters. The molecule has 1 heterocycles. The molecule has 1 N–H and O–H groups in total. The summed E-state index contributed by atoms with van der Waals surface area (Å²) in [6.07, 6.45) is 5.29. The second kappa shape index (κ2) is 6.70. The number of aromatic nitrogens is 1. The Morgan fingerprint density at radius 2 is 2.00 bits per heavy atom. The Morgan fingerprint density at radius 1 is 1.29 bits per heavy atom. The summed E-state index contributed by atoms with van der Waals surface area (Å²) in [6, 6.07) is 2.11. The van der Waals surface area contributed by atoms with Gasteiger partial charge in [-0.1, -0.05) is 20.3 Å². The lowest BCUT2D eigenvalue weighted by Gasteiger charge is -2.22. The number of hydrogen-bond donors (Lipinski definition) is 1. The van der Waals surface area contributed by atoms with E-state index in [1.54, 1.807) is 12.3 Å². The third-order valence-corrected chi connectivity index (χ3v) is 3.21. The Labute approximate surface area is 104 Å². The fraction of sp³-hybridized carbons (Fsp3) is 0.643. The third-order valence-electron chi connectivity index (χ3n) is 3.21. The van der Waals surface area contributed by atoms with Crippen molar-refractivity contribution >= 4 is 0 Å². The minimum absolute atomic E-state index is 0.136. The molecule has 96 valence electrons. The molecule has 2 nitrogen and oxygen atoms in total. The Kier molecular flexibility index (Phi) is 5.56. The Hall–Kier alpha value is -0.960. The van der Waals surface area contributed by atoms with Gasteiger partial charge in [0.15, 0.2) is 0 Å². The summed E-state index contributed by atoms with van der Waals surface area (Å²) in [7, 11) is 0. The van der Waals surface area contributed by atoms with Gasteiger partial charge in [0.05, 0.1) is 6.20 Å². The smallest absolute Gasteiger partial charge is 0.141 e. The fourth-order valence-electron chi connectivity index (χ4n) is 2.03. The first-order valence-corrected chi connectivity index (χ1v) is 6.39. The van der Waals surface area contributed by atoms with Crippen LogP contribution in [0.1, 0.15) is 52.1 Å². The van der Waals surface area contributed by atoms with E-state index >= 15 is 0 Å². The molecule has 0 aliphatic carbocycles. The zero-order valence-electron chi connectivity index (χ0n) is 11.2. The van der Waals surface area contributed by atoms with Gasteiger partial charge in [-0.15, -0.1) is 0 Å². The second-order valence-electron chi connectivity index (χ2n) is 4.98. The van der Waals surface area contributed by atoms with Gasteiger partial charge in [-0.05, 0) is 37.8 Å². The van der Waals surface area contributed by atoms with Gasteiger partial charge in [0, 0.05) is 18.3 Å². The van der Waals surface area contributed by atoms with Crippen molar-refractivity contribution in [1.82, 2.24) is 10.3 Å². The summed E-state index contributed by atoms with van der Waals surface area (Å²) in [4.78, 5) is 3.87. The van der Waals surface area contributed by atoms with Crippen LogP contribution in [0, 0.1) is 11.7 Å². The van der Waals surface area contributed by atoms with E-state index in [-0.39, 0.29) is 11.9 Å². The maximum Gasteiger partial charge on any atom is 0.141 e. The van der Waals surface area contributed by atoms with Crippen LogP contribution in [0.3, 0.4) is 0 Å². The highest BCUT2D eigenvalue weighted by Crippen LogP contribution is 2.16. The van der Waals surface area contributed by atoms with E-state index in [1.807, 2.05) is 6.92 Å². The SMILES string of the molecule is CCC(C)CC(C)NC(C)c1cncc(F)c1. The molecule has 3 atom stereocenters. The fourth-order valence-corrected chi connectivity index (χ4v) is 2.03. The molecule has 17 heavy (non-hydrogen) atoms. The Morgan fingerprint density at radius 3 is 2.59 bits per heavy atom. The van der Waals surface area contributed by atoms with Crippen LogP contribution < -0.4 is 5.32 Å². The van der Waals surface area contributed by atoms with E-state index in [2.05, 4.69) is 31.1 Å². The van der Waals surface area contributed by atoms with Gasteiger partial charge >= 0.3 is 0 Å². The molecule has 0 spiro atoms. The molecule has 0 radical (unpaired) electrons. The van der Waals surface area contributed by atoms with Crippen LogP contribution >= 0.6 is 0 Å². The quantitative estimate of drug-likeness (QED) is 0.817. The molecule has 1 aromatic rings. The lowest BCUT2D eigenvalue weighted by molar-refractivity contribution is 0.384. The van der Waals surface area contributed by atoms with Crippen LogP contribution in [0.15, 0.2) is 18.5 Å². The van der Waals surface area contributed by atoms with E-state index in [1.165, 1.54) is 12.6 Å². The van der Waals surface area contributed by atoms with Crippen LogP contribution in [0.25, 0.3) is 0 Å². The summed E-state index contributed by atoms with van der Waals surface area (Å²) in [5.41, 5.74) is 0.904. The molecule has 0 saturated carbocycles. The molecule has 0 saturated heterocycles. The number of halogens is 1. The van der Waals surface area contributed by atoms with Gasteiger partial charge in [-0.2, -0.15) is 0 Å². The summed E-state index contributed by atoms with van der Waals surface area (Å²) >= 11 is 0.